The Morgan fingerprint density at radius 2 is 2.00 bits per heavy atom. The largest absolute Gasteiger partial charge is 0.507 e. The zero-order valence-electron chi connectivity index (χ0n) is 11.7. The third-order valence-electron chi connectivity index (χ3n) is 2.00. The summed E-state index contributed by atoms with van der Waals surface area (Å²) in [6.07, 6.45) is 3.40. The molecule has 0 fully saturated rings. The Balaban J connectivity index is 0.000000467. The van der Waals surface area contributed by atoms with Crippen molar-refractivity contribution in [3.63, 3.8) is 0 Å². The number of phenolic OH excluding ortho intramolecular Hbond substituents is 1. The van der Waals surface area contributed by atoms with Crippen LogP contribution in [0.4, 0.5) is 0 Å². The van der Waals surface area contributed by atoms with Crippen molar-refractivity contribution in [1.82, 2.24) is 9.97 Å². The van der Waals surface area contributed by atoms with E-state index in [9.17, 15) is 5.11 Å². The number of aryl methyl sites for hydroxylation is 1. The van der Waals surface area contributed by atoms with Crippen LogP contribution in [0.1, 0.15) is 19.4 Å². The Morgan fingerprint density at radius 1 is 1.37 bits per heavy atom. The first-order valence-electron chi connectivity index (χ1n) is 5.95. The highest BCUT2D eigenvalue weighted by molar-refractivity contribution is 5.64. The van der Waals surface area contributed by atoms with Gasteiger partial charge in [-0.2, -0.15) is 0 Å². The normalized spacial score (nSPS) is 8.42. The fourth-order valence-electron chi connectivity index (χ4n) is 1.25. The van der Waals surface area contributed by atoms with Crippen molar-refractivity contribution in [3.8, 4) is 17.1 Å². The average molecular weight is 264 g/mol. The molecule has 0 spiro atoms. The van der Waals surface area contributed by atoms with Gasteiger partial charge in [0.05, 0.1) is 12.7 Å². The highest BCUT2D eigenvalue weighted by Crippen LogP contribution is 2.26. The first-order chi connectivity index (χ1) is 9.19. The number of imidazole rings is 1. The van der Waals surface area contributed by atoms with Crippen LogP contribution in [-0.2, 0) is 9.53 Å². The predicted octanol–water partition coefficient (Wildman–Crippen LogP) is 2.91. The Morgan fingerprint density at radius 3 is 2.47 bits per heavy atom. The van der Waals surface area contributed by atoms with E-state index >= 15 is 0 Å². The first kappa shape index (κ1) is 16.7. The van der Waals surface area contributed by atoms with Crippen molar-refractivity contribution in [2.24, 2.45) is 0 Å². The lowest BCUT2D eigenvalue weighted by atomic mass is 10.1. The smallest absolute Gasteiger partial charge is 0.292 e. The molecular weight excluding hydrogens is 244 g/mol. The zero-order chi connectivity index (χ0) is 14.7. The molecule has 0 atom stereocenters. The second-order valence-corrected chi connectivity index (χ2v) is 3.29. The SMILES string of the molecule is CC.COC=O.Cc1ccc(O)c(-c2ncc[nH]2)c1. The number of methoxy groups -OCH3 is 1. The topological polar surface area (TPSA) is 75.2 Å². The third-order valence-corrected chi connectivity index (χ3v) is 2.00. The molecule has 1 aromatic heterocycles. The zero-order valence-corrected chi connectivity index (χ0v) is 11.7. The Hall–Kier alpha value is -2.30. The maximum absolute atomic E-state index is 9.55. The Kier molecular flexibility index (Phi) is 8.53. The van der Waals surface area contributed by atoms with E-state index in [0.29, 0.717) is 12.3 Å². The number of aromatic amines is 1. The summed E-state index contributed by atoms with van der Waals surface area (Å²) >= 11 is 0. The van der Waals surface area contributed by atoms with Crippen molar-refractivity contribution in [2.45, 2.75) is 20.8 Å². The second-order valence-electron chi connectivity index (χ2n) is 3.29. The number of hydrogen-bond donors (Lipinski definition) is 2. The molecule has 104 valence electrons. The predicted molar refractivity (Wildman–Crippen MR) is 74.8 cm³/mol. The van der Waals surface area contributed by atoms with Crippen molar-refractivity contribution in [1.29, 1.82) is 0 Å². The summed E-state index contributed by atoms with van der Waals surface area (Å²) in [7, 11) is 1.31. The molecule has 19 heavy (non-hydrogen) atoms. The van der Waals surface area contributed by atoms with Crippen molar-refractivity contribution in [3.05, 3.63) is 36.2 Å². The van der Waals surface area contributed by atoms with Gasteiger partial charge in [-0.3, -0.25) is 4.79 Å². The number of hydrogen-bond acceptors (Lipinski definition) is 4. The fourth-order valence-corrected chi connectivity index (χ4v) is 1.25. The monoisotopic (exact) mass is 264 g/mol. The summed E-state index contributed by atoms with van der Waals surface area (Å²) in [6.45, 7) is 6.35. The lowest BCUT2D eigenvalue weighted by Gasteiger charge is -2.01. The summed E-state index contributed by atoms with van der Waals surface area (Å²) in [4.78, 5) is 16.0. The Bertz CT molecular complexity index is 468. The van der Waals surface area contributed by atoms with Crippen LogP contribution < -0.4 is 0 Å². The molecule has 2 N–H and O–H groups in total. The van der Waals surface area contributed by atoms with Crippen molar-refractivity contribution in [2.75, 3.05) is 7.11 Å². The maximum atomic E-state index is 9.55. The number of nitrogens with one attached hydrogen (secondary N) is 1. The summed E-state index contributed by atoms with van der Waals surface area (Å²) < 4.78 is 3.86. The lowest BCUT2D eigenvalue weighted by molar-refractivity contribution is -0.126. The molecule has 5 nitrogen and oxygen atoms in total. The number of phenols is 1. The number of carbonyl (C=O) groups is 1. The molecule has 2 rings (SSSR count). The molecule has 1 aromatic carbocycles. The lowest BCUT2D eigenvalue weighted by Crippen LogP contribution is -1.82. The molecule has 0 amide bonds. The van der Waals surface area contributed by atoms with Gasteiger partial charge in [0.15, 0.2) is 0 Å². The summed E-state index contributed by atoms with van der Waals surface area (Å²) in [5.74, 6) is 0.946. The van der Waals surface area contributed by atoms with Crippen LogP contribution in [0.15, 0.2) is 30.6 Å². The number of aromatic hydroxyl groups is 1. The molecule has 0 unspecified atom stereocenters. The third kappa shape index (κ3) is 5.72. The number of aromatic nitrogens is 2. The maximum Gasteiger partial charge on any atom is 0.292 e. The van der Waals surface area contributed by atoms with Crippen LogP contribution in [0.2, 0.25) is 0 Å². The summed E-state index contributed by atoms with van der Waals surface area (Å²) in [5.41, 5.74) is 1.84. The molecule has 0 saturated carbocycles. The van der Waals surface area contributed by atoms with Gasteiger partial charge in [0.1, 0.15) is 11.6 Å². The first-order valence-corrected chi connectivity index (χ1v) is 5.95. The highest BCUT2D eigenvalue weighted by Gasteiger charge is 2.05. The molecule has 0 bridgehead atoms. The van der Waals surface area contributed by atoms with Gasteiger partial charge in [-0.05, 0) is 19.1 Å². The van der Waals surface area contributed by atoms with E-state index in [1.54, 1.807) is 18.5 Å². The number of nitrogens with zero attached hydrogens (tertiary/aromatic N) is 1. The van der Waals surface area contributed by atoms with Crippen LogP contribution in [0.5, 0.6) is 5.75 Å². The van der Waals surface area contributed by atoms with E-state index in [1.165, 1.54) is 7.11 Å². The number of carbonyl (C=O) groups excluding carboxylic acids is 1. The fraction of sp³-hybridized carbons (Fsp3) is 0.286. The van der Waals surface area contributed by atoms with Crippen LogP contribution >= 0.6 is 0 Å². The number of rotatable bonds is 2. The van der Waals surface area contributed by atoms with Gasteiger partial charge in [-0.25, -0.2) is 4.98 Å². The molecule has 2 aromatic rings. The van der Waals surface area contributed by atoms with E-state index in [1.807, 2.05) is 32.9 Å². The van der Waals surface area contributed by atoms with Gasteiger partial charge in [0.25, 0.3) is 6.47 Å². The summed E-state index contributed by atoms with van der Waals surface area (Å²) in [6, 6.07) is 5.43. The molecule has 1 heterocycles. The quantitative estimate of drug-likeness (QED) is 0.818. The summed E-state index contributed by atoms with van der Waals surface area (Å²) in [5, 5.41) is 9.55. The van der Waals surface area contributed by atoms with Gasteiger partial charge >= 0.3 is 0 Å². The van der Waals surface area contributed by atoms with E-state index in [-0.39, 0.29) is 5.75 Å². The Labute approximate surface area is 113 Å². The van der Waals surface area contributed by atoms with Gasteiger partial charge in [0, 0.05) is 12.4 Å². The minimum absolute atomic E-state index is 0.251. The molecule has 0 aliphatic carbocycles. The van der Waals surface area contributed by atoms with Crippen LogP contribution in [0.3, 0.4) is 0 Å². The van der Waals surface area contributed by atoms with Crippen LogP contribution in [-0.4, -0.2) is 28.7 Å². The van der Waals surface area contributed by atoms with E-state index < -0.39 is 0 Å². The van der Waals surface area contributed by atoms with Gasteiger partial charge in [0.2, 0.25) is 0 Å². The highest BCUT2D eigenvalue weighted by atomic mass is 16.5. The van der Waals surface area contributed by atoms with Gasteiger partial charge in [-0.15, -0.1) is 0 Å². The number of H-pyrrole nitrogens is 1. The van der Waals surface area contributed by atoms with E-state index in [4.69, 9.17) is 4.79 Å². The average Bonchev–Trinajstić information content (AvgIpc) is 2.98. The van der Waals surface area contributed by atoms with Gasteiger partial charge < -0.3 is 14.8 Å². The van der Waals surface area contributed by atoms with Crippen molar-refractivity contribution < 1.29 is 14.6 Å². The molecule has 0 radical (unpaired) electrons. The molecule has 5 heteroatoms. The minimum atomic E-state index is 0.251. The van der Waals surface area contributed by atoms with E-state index in [0.717, 1.165) is 11.1 Å². The van der Waals surface area contributed by atoms with Crippen molar-refractivity contribution >= 4 is 6.47 Å². The van der Waals surface area contributed by atoms with Crippen LogP contribution in [0, 0.1) is 6.92 Å². The van der Waals surface area contributed by atoms with Gasteiger partial charge in [-0.1, -0.05) is 25.5 Å². The second kappa shape index (κ2) is 9.70. The van der Waals surface area contributed by atoms with E-state index in [2.05, 4.69) is 14.7 Å². The molecule has 0 aliphatic rings. The number of benzene rings is 1. The molecular formula is C14H20N2O3. The molecule has 0 saturated heterocycles. The molecule has 0 aliphatic heterocycles. The standard InChI is InChI=1S/C10H10N2O.C2H4O2.C2H6/c1-7-2-3-9(13)8(6-7)10-11-4-5-12-10;1-4-2-3;1-2/h2-6,13H,1H3,(H,11,12);2H,1H3;1-2H3. The minimum Gasteiger partial charge on any atom is -0.507 e. The van der Waals surface area contributed by atoms with Crippen LogP contribution in [0.25, 0.3) is 11.4 Å². The number of ether oxygens (including phenoxy) is 1.